The molecule has 92 valence electrons. The molecule has 1 N–H and O–H groups in total. The summed E-state index contributed by atoms with van der Waals surface area (Å²) in [6, 6.07) is 17.6. The molecule has 2 rings (SSSR count). The summed E-state index contributed by atoms with van der Waals surface area (Å²) in [5.74, 6) is -0.194. The van der Waals surface area contributed by atoms with E-state index in [4.69, 9.17) is 11.6 Å². The van der Waals surface area contributed by atoms with E-state index in [2.05, 4.69) is 5.32 Å². The summed E-state index contributed by atoms with van der Waals surface area (Å²) < 4.78 is 0. The first-order chi connectivity index (χ1) is 8.68. The zero-order valence-corrected chi connectivity index (χ0v) is 10.8. The number of halogens is 1. The first-order valence-electron chi connectivity index (χ1n) is 5.78. The zero-order valence-electron chi connectivity index (χ0n) is 10.1. The Kier molecular flexibility index (Phi) is 4.00. The van der Waals surface area contributed by atoms with Crippen LogP contribution in [0, 0.1) is 0 Å². The normalized spacial score (nSPS) is 11.9. The summed E-state index contributed by atoms with van der Waals surface area (Å²) in [7, 11) is 0. The fraction of sp³-hybridized carbons (Fsp3) is 0.133. The molecule has 1 unspecified atom stereocenters. The number of nitrogens with one attached hydrogen (secondary N) is 1. The Labute approximate surface area is 112 Å². The molecule has 0 bridgehead atoms. The molecule has 2 aromatic carbocycles. The topological polar surface area (TPSA) is 29.1 Å². The van der Waals surface area contributed by atoms with Crippen molar-refractivity contribution in [2.45, 2.75) is 12.3 Å². The molecular formula is C15H14ClNO. The first kappa shape index (κ1) is 12.7. The Hall–Kier alpha value is -1.80. The molecule has 0 saturated carbocycles. The van der Waals surface area contributed by atoms with Crippen molar-refractivity contribution in [3.63, 3.8) is 0 Å². The average Bonchev–Trinajstić information content (AvgIpc) is 2.40. The predicted octanol–water partition coefficient (Wildman–Crippen LogP) is 3.92. The highest BCUT2D eigenvalue weighted by atomic mass is 35.5. The molecule has 2 nitrogen and oxygen atoms in total. The van der Waals surface area contributed by atoms with Crippen LogP contribution in [-0.4, -0.2) is 11.3 Å². The fourth-order valence-corrected chi connectivity index (χ4v) is 1.75. The second kappa shape index (κ2) is 5.69. The highest BCUT2D eigenvalue weighted by Gasteiger charge is 2.11. The monoisotopic (exact) mass is 259 g/mol. The maximum absolute atomic E-state index is 11.7. The van der Waals surface area contributed by atoms with E-state index in [1.165, 1.54) is 0 Å². The van der Waals surface area contributed by atoms with Crippen LogP contribution in [0.3, 0.4) is 0 Å². The highest BCUT2D eigenvalue weighted by molar-refractivity contribution is 6.32. The van der Waals surface area contributed by atoms with Gasteiger partial charge in [-0.25, -0.2) is 0 Å². The van der Waals surface area contributed by atoms with Crippen LogP contribution in [-0.2, 0) is 4.79 Å². The Bertz CT molecular complexity index is 537. The van der Waals surface area contributed by atoms with Gasteiger partial charge in [0.1, 0.15) is 5.38 Å². The van der Waals surface area contributed by atoms with Crippen molar-refractivity contribution in [2.75, 3.05) is 5.32 Å². The lowest BCUT2D eigenvalue weighted by atomic mass is 10.0. The van der Waals surface area contributed by atoms with Gasteiger partial charge in [0.2, 0.25) is 5.91 Å². The maximum Gasteiger partial charge on any atom is 0.242 e. The minimum atomic E-state index is -0.547. The summed E-state index contributed by atoms with van der Waals surface area (Å²) in [4.78, 5) is 11.7. The molecule has 1 amide bonds. The van der Waals surface area contributed by atoms with Crippen LogP contribution in [0.4, 0.5) is 5.69 Å². The van der Waals surface area contributed by atoms with Gasteiger partial charge in [0, 0.05) is 11.3 Å². The van der Waals surface area contributed by atoms with Crippen LogP contribution in [0.1, 0.15) is 6.92 Å². The van der Waals surface area contributed by atoms with Crippen molar-refractivity contribution in [3.05, 3.63) is 54.6 Å². The smallest absolute Gasteiger partial charge is 0.242 e. The molecular weight excluding hydrogens is 246 g/mol. The van der Waals surface area contributed by atoms with Crippen LogP contribution in [0.2, 0.25) is 0 Å². The molecule has 3 heteroatoms. The van der Waals surface area contributed by atoms with Crippen LogP contribution in [0.25, 0.3) is 11.1 Å². The molecule has 0 aliphatic heterocycles. The van der Waals surface area contributed by atoms with Gasteiger partial charge < -0.3 is 5.32 Å². The van der Waals surface area contributed by atoms with Gasteiger partial charge in [-0.3, -0.25) is 4.79 Å². The standard InChI is InChI=1S/C15H14ClNO/c1-11(16)15(18)17-14-10-6-5-9-13(14)12-7-3-2-4-8-12/h2-11H,1H3,(H,17,18). The van der Waals surface area contributed by atoms with Gasteiger partial charge in [0.15, 0.2) is 0 Å². The number of anilines is 1. The number of amides is 1. The van der Waals surface area contributed by atoms with E-state index in [0.29, 0.717) is 0 Å². The summed E-state index contributed by atoms with van der Waals surface area (Å²) in [6.07, 6.45) is 0. The van der Waals surface area contributed by atoms with Gasteiger partial charge in [0.25, 0.3) is 0 Å². The number of alkyl halides is 1. The molecule has 0 saturated heterocycles. The largest absolute Gasteiger partial charge is 0.324 e. The summed E-state index contributed by atoms with van der Waals surface area (Å²) in [5, 5.41) is 2.29. The summed E-state index contributed by atoms with van der Waals surface area (Å²) in [6.45, 7) is 1.65. The molecule has 0 aliphatic carbocycles. The lowest BCUT2D eigenvalue weighted by Crippen LogP contribution is -2.20. The van der Waals surface area contributed by atoms with Crippen molar-refractivity contribution in [2.24, 2.45) is 0 Å². The van der Waals surface area contributed by atoms with E-state index in [-0.39, 0.29) is 5.91 Å². The third-order valence-electron chi connectivity index (χ3n) is 2.63. The predicted molar refractivity (Wildman–Crippen MR) is 75.8 cm³/mol. The fourth-order valence-electron chi connectivity index (χ4n) is 1.69. The Balaban J connectivity index is 2.35. The van der Waals surface area contributed by atoms with Crippen molar-refractivity contribution in [3.8, 4) is 11.1 Å². The third-order valence-corrected chi connectivity index (χ3v) is 2.83. The molecule has 1 atom stereocenters. The molecule has 2 aromatic rings. The molecule has 0 fully saturated rings. The molecule has 18 heavy (non-hydrogen) atoms. The molecule has 0 radical (unpaired) electrons. The molecule has 0 spiro atoms. The van der Waals surface area contributed by atoms with Crippen molar-refractivity contribution in [1.82, 2.24) is 0 Å². The number of hydrogen-bond donors (Lipinski definition) is 1. The average molecular weight is 260 g/mol. The van der Waals surface area contributed by atoms with Crippen LogP contribution in [0.15, 0.2) is 54.6 Å². The zero-order chi connectivity index (χ0) is 13.0. The summed E-state index contributed by atoms with van der Waals surface area (Å²) >= 11 is 5.76. The van der Waals surface area contributed by atoms with Gasteiger partial charge in [-0.2, -0.15) is 0 Å². The van der Waals surface area contributed by atoms with Gasteiger partial charge >= 0.3 is 0 Å². The Morgan fingerprint density at radius 3 is 2.33 bits per heavy atom. The number of para-hydroxylation sites is 1. The van der Waals surface area contributed by atoms with Crippen molar-refractivity contribution < 1.29 is 4.79 Å². The third kappa shape index (κ3) is 2.90. The molecule has 0 heterocycles. The summed E-state index contributed by atoms with van der Waals surface area (Å²) in [5.41, 5.74) is 2.83. The number of hydrogen-bond acceptors (Lipinski definition) is 1. The highest BCUT2D eigenvalue weighted by Crippen LogP contribution is 2.27. The SMILES string of the molecule is CC(Cl)C(=O)Nc1ccccc1-c1ccccc1. The number of carbonyl (C=O) groups excluding carboxylic acids is 1. The van der Waals surface area contributed by atoms with E-state index in [0.717, 1.165) is 16.8 Å². The quantitative estimate of drug-likeness (QED) is 0.832. The lowest BCUT2D eigenvalue weighted by Gasteiger charge is -2.12. The lowest BCUT2D eigenvalue weighted by molar-refractivity contribution is -0.115. The van der Waals surface area contributed by atoms with Crippen molar-refractivity contribution in [1.29, 1.82) is 0 Å². The Morgan fingerprint density at radius 1 is 1.06 bits per heavy atom. The van der Waals surface area contributed by atoms with E-state index >= 15 is 0 Å². The molecule has 0 aromatic heterocycles. The van der Waals surface area contributed by atoms with Gasteiger partial charge in [-0.1, -0.05) is 48.5 Å². The Morgan fingerprint density at radius 2 is 1.67 bits per heavy atom. The van der Waals surface area contributed by atoms with Crippen molar-refractivity contribution >= 4 is 23.2 Å². The number of carbonyl (C=O) groups is 1. The second-order valence-corrected chi connectivity index (χ2v) is 4.67. The van der Waals surface area contributed by atoms with E-state index in [1.54, 1.807) is 6.92 Å². The molecule has 0 aliphatic rings. The number of rotatable bonds is 3. The van der Waals surface area contributed by atoms with E-state index in [9.17, 15) is 4.79 Å². The maximum atomic E-state index is 11.7. The van der Waals surface area contributed by atoms with Crippen LogP contribution >= 0.6 is 11.6 Å². The second-order valence-electron chi connectivity index (χ2n) is 4.02. The number of benzene rings is 2. The van der Waals surface area contributed by atoms with Crippen LogP contribution in [0.5, 0.6) is 0 Å². The van der Waals surface area contributed by atoms with Gasteiger partial charge in [0.05, 0.1) is 0 Å². The van der Waals surface area contributed by atoms with E-state index in [1.807, 2.05) is 54.6 Å². The minimum Gasteiger partial charge on any atom is -0.324 e. The van der Waals surface area contributed by atoms with Crippen LogP contribution < -0.4 is 5.32 Å². The van der Waals surface area contributed by atoms with Gasteiger partial charge in [-0.05, 0) is 18.6 Å². The minimum absolute atomic E-state index is 0.194. The first-order valence-corrected chi connectivity index (χ1v) is 6.21. The van der Waals surface area contributed by atoms with Gasteiger partial charge in [-0.15, -0.1) is 11.6 Å². The van der Waals surface area contributed by atoms with E-state index < -0.39 is 5.38 Å².